The van der Waals surface area contributed by atoms with E-state index in [2.05, 4.69) is 4.98 Å². The monoisotopic (exact) mass is 284 g/mol. The van der Waals surface area contributed by atoms with Gasteiger partial charge in [-0.15, -0.1) is 0 Å². The molecule has 0 saturated heterocycles. The lowest BCUT2D eigenvalue weighted by Crippen LogP contribution is -2.02. The number of aryl methyl sites for hydroxylation is 1. The highest BCUT2D eigenvalue weighted by Crippen LogP contribution is 2.23. The van der Waals surface area contributed by atoms with E-state index in [-0.39, 0.29) is 11.5 Å². The minimum Gasteiger partial charge on any atom is -0.387 e. The normalized spacial score (nSPS) is 12.8. The fourth-order valence-corrected chi connectivity index (χ4v) is 2.57. The Hall–Kier alpha value is -2.20. The van der Waals surface area contributed by atoms with Gasteiger partial charge < -0.3 is 5.11 Å². The minimum atomic E-state index is -0.706. The third-order valence-corrected chi connectivity index (χ3v) is 3.60. The average Bonchev–Trinajstić information content (AvgIpc) is 2.81. The van der Waals surface area contributed by atoms with E-state index >= 15 is 0 Å². The molecule has 0 aliphatic rings. The van der Waals surface area contributed by atoms with Crippen molar-refractivity contribution < 1.29 is 9.50 Å². The Morgan fingerprint density at radius 1 is 1.24 bits per heavy atom. The zero-order valence-electron chi connectivity index (χ0n) is 12.0. The molecule has 21 heavy (non-hydrogen) atoms. The number of pyridine rings is 1. The summed E-state index contributed by atoms with van der Waals surface area (Å²) in [7, 11) is 0. The fourth-order valence-electron chi connectivity index (χ4n) is 2.57. The number of aliphatic hydroxyl groups is 1. The maximum absolute atomic E-state index is 13.9. The summed E-state index contributed by atoms with van der Waals surface area (Å²) in [6.45, 7) is 3.71. The second-order valence-corrected chi connectivity index (χ2v) is 5.33. The zero-order valence-corrected chi connectivity index (χ0v) is 12.0. The number of aliphatic hydroxyl groups excluding tert-OH is 1. The van der Waals surface area contributed by atoms with Crippen molar-refractivity contribution in [1.29, 1.82) is 0 Å². The van der Waals surface area contributed by atoms with Gasteiger partial charge in [0.05, 0.1) is 17.5 Å². The van der Waals surface area contributed by atoms with Crippen LogP contribution in [-0.4, -0.2) is 14.5 Å². The summed E-state index contributed by atoms with van der Waals surface area (Å²) < 4.78 is 15.5. The molecule has 4 heteroatoms. The van der Waals surface area contributed by atoms with Crippen molar-refractivity contribution >= 4 is 5.65 Å². The van der Waals surface area contributed by atoms with E-state index in [0.717, 1.165) is 5.56 Å². The molecule has 0 radical (unpaired) electrons. The summed E-state index contributed by atoms with van der Waals surface area (Å²) in [6, 6.07) is 11.1. The van der Waals surface area contributed by atoms with E-state index in [1.165, 1.54) is 11.6 Å². The summed E-state index contributed by atoms with van der Waals surface area (Å²) in [5.74, 6) is -0.380. The van der Waals surface area contributed by atoms with Crippen LogP contribution in [0.4, 0.5) is 4.39 Å². The lowest BCUT2D eigenvalue weighted by atomic mass is 10.1. The van der Waals surface area contributed by atoms with Gasteiger partial charge in [-0.2, -0.15) is 0 Å². The molecule has 0 spiro atoms. The molecule has 1 N–H and O–H groups in total. The second kappa shape index (κ2) is 5.30. The Bertz CT molecular complexity index is 775. The topological polar surface area (TPSA) is 37.5 Å². The largest absolute Gasteiger partial charge is 0.387 e. The highest BCUT2D eigenvalue weighted by Gasteiger charge is 2.18. The Morgan fingerprint density at radius 2 is 1.95 bits per heavy atom. The molecule has 2 aromatic heterocycles. The van der Waals surface area contributed by atoms with Crippen molar-refractivity contribution in [2.24, 2.45) is 0 Å². The van der Waals surface area contributed by atoms with Crippen LogP contribution in [0.5, 0.6) is 0 Å². The number of rotatable bonds is 3. The summed E-state index contributed by atoms with van der Waals surface area (Å²) in [6.07, 6.45) is 1.59. The number of halogens is 1. The Balaban J connectivity index is 2.11. The van der Waals surface area contributed by atoms with Gasteiger partial charge in [-0.1, -0.05) is 29.8 Å². The first-order valence-corrected chi connectivity index (χ1v) is 6.95. The molecule has 1 unspecified atom stereocenters. The molecular weight excluding hydrogens is 267 g/mol. The molecule has 3 aromatic rings. The van der Waals surface area contributed by atoms with Crippen LogP contribution in [0.3, 0.4) is 0 Å². The number of fused-ring (bicyclic) bond motifs is 1. The second-order valence-electron chi connectivity index (χ2n) is 5.33. The Labute approximate surface area is 122 Å². The van der Waals surface area contributed by atoms with Crippen LogP contribution < -0.4 is 0 Å². The quantitative estimate of drug-likeness (QED) is 0.800. The summed E-state index contributed by atoms with van der Waals surface area (Å²) in [5.41, 5.74) is 3.89. The molecule has 108 valence electrons. The molecule has 0 fully saturated rings. The number of nitrogens with zero attached hydrogens (tertiary/aromatic N) is 2. The molecule has 0 aliphatic heterocycles. The molecule has 3 nitrogen and oxygen atoms in total. The first kappa shape index (κ1) is 13.8. The van der Waals surface area contributed by atoms with E-state index in [0.29, 0.717) is 17.8 Å². The van der Waals surface area contributed by atoms with Crippen LogP contribution >= 0.6 is 0 Å². The minimum absolute atomic E-state index is 0.260. The SMILES string of the molecule is Cc1ccc(Cc2nc3c(F)cccn3c2C(C)O)cc1. The molecule has 1 aromatic carbocycles. The third-order valence-electron chi connectivity index (χ3n) is 3.60. The number of hydrogen-bond acceptors (Lipinski definition) is 2. The van der Waals surface area contributed by atoms with E-state index in [1.54, 1.807) is 23.6 Å². The molecule has 3 rings (SSSR count). The van der Waals surface area contributed by atoms with Crippen molar-refractivity contribution in [2.75, 3.05) is 0 Å². The van der Waals surface area contributed by atoms with Gasteiger partial charge in [-0.25, -0.2) is 9.37 Å². The Morgan fingerprint density at radius 3 is 2.62 bits per heavy atom. The number of benzene rings is 1. The van der Waals surface area contributed by atoms with Crippen LogP contribution in [-0.2, 0) is 6.42 Å². The van der Waals surface area contributed by atoms with Crippen molar-refractivity contribution in [3.63, 3.8) is 0 Å². The van der Waals surface area contributed by atoms with E-state index in [1.807, 2.05) is 31.2 Å². The van der Waals surface area contributed by atoms with Crippen LogP contribution in [0, 0.1) is 12.7 Å². The van der Waals surface area contributed by atoms with Crippen molar-refractivity contribution in [3.05, 3.63) is 70.9 Å². The van der Waals surface area contributed by atoms with Crippen molar-refractivity contribution in [3.8, 4) is 0 Å². The molecule has 1 atom stereocenters. The molecule has 0 amide bonds. The lowest BCUT2D eigenvalue weighted by molar-refractivity contribution is 0.192. The summed E-state index contributed by atoms with van der Waals surface area (Å²) >= 11 is 0. The van der Waals surface area contributed by atoms with Crippen molar-refractivity contribution in [2.45, 2.75) is 26.4 Å². The van der Waals surface area contributed by atoms with Gasteiger partial charge in [0, 0.05) is 12.6 Å². The van der Waals surface area contributed by atoms with Crippen LogP contribution in [0.25, 0.3) is 5.65 Å². The first-order chi connectivity index (χ1) is 10.1. The molecule has 0 saturated carbocycles. The summed E-state index contributed by atoms with van der Waals surface area (Å²) in [4.78, 5) is 4.38. The van der Waals surface area contributed by atoms with Crippen LogP contribution in [0.2, 0.25) is 0 Å². The zero-order chi connectivity index (χ0) is 15.0. The average molecular weight is 284 g/mol. The van der Waals surface area contributed by atoms with E-state index in [9.17, 15) is 9.50 Å². The number of aromatic nitrogens is 2. The van der Waals surface area contributed by atoms with Gasteiger partial charge in [-0.3, -0.25) is 4.40 Å². The van der Waals surface area contributed by atoms with Gasteiger partial charge in [0.25, 0.3) is 0 Å². The van der Waals surface area contributed by atoms with Crippen molar-refractivity contribution in [1.82, 2.24) is 9.38 Å². The maximum atomic E-state index is 13.9. The van der Waals surface area contributed by atoms with Crippen LogP contribution in [0.15, 0.2) is 42.6 Å². The lowest BCUT2D eigenvalue weighted by Gasteiger charge is -2.08. The van der Waals surface area contributed by atoms with Gasteiger partial charge in [-0.05, 0) is 31.5 Å². The highest BCUT2D eigenvalue weighted by atomic mass is 19.1. The molecule has 0 bridgehead atoms. The number of imidazole rings is 1. The maximum Gasteiger partial charge on any atom is 0.173 e. The first-order valence-electron chi connectivity index (χ1n) is 6.95. The standard InChI is InChI=1S/C17H17FN2O/c1-11-5-7-13(8-6-11)10-15-16(12(2)21)20-9-3-4-14(18)17(20)19-15/h3-9,12,21H,10H2,1-2H3. The molecular formula is C17H17FN2O. The van der Waals surface area contributed by atoms with E-state index < -0.39 is 6.10 Å². The smallest absolute Gasteiger partial charge is 0.173 e. The van der Waals surface area contributed by atoms with Crippen LogP contribution in [0.1, 0.15) is 35.5 Å². The van der Waals surface area contributed by atoms with Gasteiger partial charge >= 0.3 is 0 Å². The van der Waals surface area contributed by atoms with E-state index in [4.69, 9.17) is 0 Å². The van der Waals surface area contributed by atoms with Gasteiger partial charge in [0.1, 0.15) is 0 Å². The Kier molecular flexibility index (Phi) is 3.47. The molecule has 0 aliphatic carbocycles. The third kappa shape index (κ3) is 2.54. The fraction of sp³-hybridized carbons (Fsp3) is 0.235. The molecule has 2 heterocycles. The predicted octanol–water partition coefficient (Wildman–Crippen LogP) is 3.43. The predicted molar refractivity (Wildman–Crippen MR) is 79.8 cm³/mol. The highest BCUT2D eigenvalue weighted by molar-refractivity contribution is 5.46. The van der Waals surface area contributed by atoms with Gasteiger partial charge in [0.15, 0.2) is 11.5 Å². The number of hydrogen-bond donors (Lipinski definition) is 1. The summed E-state index contributed by atoms with van der Waals surface area (Å²) in [5, 5.41) is 10.0. The van der Waals surface area contributed by atoms with Gasteiger partial charge in [0.2, 0.25) is 0 Å².